The van der Waals surface area contributed by atoms with Gasteiger partial charge in [0.05, 0.1) is 6.54 Å². The third-order valence-corrected chi connectivity index (χ3v) is 3.17. The van der Waals surface area contributed by atoms with Crippen molar-refractivity contribution >= 4 is 0 Å². The van der Waals surface area contributed by atoms with Gasteiger partial charge in [-0.05, 0) is 24.5 Å². The van der Waals surface area contributed by atoms with Crippen LogP contribution in [0, 0.1) is 5.82 Å². The Hall–Kier alpha value is -1.14. The highest BCUT2D eigenvalue weighted by Crippen LogP contribution is 2.31. The molecule has 1 saturated carbocycles. The first-order valence-electron chi connectivity index (χ1n) is 6.17. The third kappa shape index (κ3) is 4.18. The second kappa shape index (κ2) is 5.46. The molecule has 1 aromatic rings. The quantitative estimate of drug-likeness (QED) is 0.838. The molecule has 0 amide bonds. The Morgan fingerprint density at radius 2 is 1.95 bits per heavy atom. The lowest BCUT2D eigenvalue weighted by Crippen LogP contribution is -2.35. The van der Waals surface area contributed by atoms with E-state index in [2.05, 4.69) is 0 Å². The predicted octanol–water partition coefficient (Wildman–Crippen LogP) is 2.81. The number of hydrogen-bond donors (Lipinski definition) is 1. The van der Waals surface area contributed by atoms with Gasteiger partial charge in [0.2, 0.25) is 0 Å². The van der Waals surface area contributed by atoms with Crippen LogP contribution in [-0.4, -0.2) is 23.7 Å². The van der Waals surface area contributed by atoms with E-state index in [0.29, 0.717) is 5.56 Å². The summed E-state index contributed by atoms with van der Waals surface area (Å²) in [4.78, 5) is 1.29. The zero-order valence-corrected chi connectivity index (χ0v) is 10.4. The Morgan fingerprint density at radius 1 is 1.26 bits per heavy atom. The van der Waals surface area contributed by atoms with Crippen molar-refractivity contribution in [2.75, 3.05) is 6.54 Å². The topological polar surface area (TPSA) is 29.3 Å². The summed E-state index contributed by atoms with van der Waals surface area (Å²) in [5, 5.41) is 0. The van der Waals surface area contributed by atoms with E-state index in [1.54, 1.807) is 6.07 Å². The second-order valence-electron chi connectivity index (χ2n) is 4.88. The minimum absolute atomic E-state index is 0.0130. The number of halogens is 4. The van der Waals surface area contributed by atoms with Gasteiger partial charge in [-0.2, -0.15) is 13.2 Å². The minimum Gasteiger partial charge on any atom is -0.326 e. The molecule has 0 heterocycles. The number of rotatable bonds is 5. The van der Waals surface area contributed by atoms with Crippen molar-refractivity contribution < 1.29 is 17.6 Å². The second-order valence-corrected chi connectivity index (χ2v) is 4.88. The Bertz CT molecular complexity index is 441. The molecule has 0 aromatic heterocycles. The monoisotopic (exact) mass is 276 g/mol. The Labute approximate surface area is 109 Å². The Balaban J connectivity index is 2.08. The van der Waals surface area contributed by atoms with Crippen molar-refractivity contribution in [3.8, 4) is 0 Å². The van der Waals surface area contributed by atoms with Gasteiger partial charge in [-0.3, -0.25) is 4.90 Å². The summed E-state index contributed by atoms with van der Waals surface area (Å²) < 4.78 is 51.1. The predicted molar refractivity (Wildman–Crippen MR) is 63.8 cm³/mol. The van der Waals surface area contributed by atoms with Gasteiger partial charge < -0.3 is 5.73 Å². The Kier molecular flexibility index (Phi) is 4.10. The van der Waals surface area contributed by atoms with E-state index < -0.39 is 18.5 Å². The molecular weight excluding hydrogens is 260 g/mol. The van der Waals surface area contributed by atoms with Crippen molar-refractivity contribution in [3.63, 3.8) is 0 Å². The van der Waals surface area contributed by atoms with Gasteiger partial charge >= 0.3 is 6.18 Å². The Morgan fingerprint density at radius 3 is 2.42 bits per heavy atom. The van der Waals surface area contributed by atoms with Crippen LogP contribution in [-0.2, 0) is 13.1 Å². The van der Waals surface area contributed by atoms with E-state index in [-0.39, 0.29) is 24.7 Å². The molecule has 0 atom stereocenters. The summed E-state index contributed by atoms with van der Waals surface area (Å²) in [7, 11) is 0. The average Bonchev–Trinajstić information content (AvgIpc) is 3.12. The van der Waals surface area contributed by atoms with Gasteiger partial charge in [-0.25, -0.2) is 4.39 Å². The summed E-state index contributed by atoms with van der Waals surface area (Å²) in [6.45, 7) is -0.789. The summed E-state index contributed by atoms with van der Waals surface area (Å²) in [6, 6.07) is 4.38. The van der Waals surface area contributed by atoms with Crippen LogP contribution in [0.5, 0.6) is 0 Å². The first kappa shape index (κ1) is 14.3. The van der Waals surface area contributed by atoms with E-state index in [0.717, 1.165) is 12.8 Å². The van der Waals surface area contributed by atoms with Crippen molar-refractivity contribution in [3.05, 3.63) is 35.1 Å². The van der Waals surface area contributed by atoms with Crippen LogP contribution in [0.15, 0.2) is 18.2 Å². The van der Waals surface area contributed by atoms with Crippen LogP contribution in [0.4, 0.5) is 17.6 Å². The average molecular weight is 276 g/mol. The SMILES string of the molecule is NCc1ccc(CN(CC(F)(F)F)C2CC2)c(F)c1. The largest absolute Gasteiger partial charge is 0.401 e. The van der Waals surface area contributed by atoms with Crippen molar-refractivity contribution in [2.45, 2.75) is 38.1 Å². The first-order chi connectivity index (χ1) is 8.89. The molecule has 0 radical (unpaired) electrons. The zero-order chi connectivity index (χ0) is 14.0. The van der Waals surface area contributed by atoms with Gasteiger partial charge in [0, 0.05) is 24.7 Å². The molecule has 0 spiro atoms. The van der Waals surface area contributed by atoms with Crippen molar-refractivity contribution in [2.24, 2.45) is 5.73 Å². The van der Waals surface area contributed by atoms with Gasteiger partial charge in [-0.15, -0.1) is 0 Å². The molecule has 1 aliphatic rings. The molecule has 6 heteroatoms. The summed E-state index contributed by atoms with van der Waals surface area (Å²) in [6.07, 6.45) is -2.76. The fourth-order valence-corrected chi connectivity index (χ4v) is 2.05. The van der Waals surface area contributed by atoms with E-state index in [4.69, 9.17) is 5.73 Å². The smallest absolute Gasteiger partial charge is 0.326 e. The van der Waals surface area contributed by atoms with E-state index >= 15 is 0 Å². The van der Waals surface area contributed by atoms with Crippen LogP contribution in [0.1, 0.15) is 24.0 Å². The lowest BCUT2D eigenvalue weighted by atomic mass is 10.1. The molecule has 2 rings (SSSR count). The summed E-state index contributed by atoms with van der Waals surface area (Å²) in [5.74, 6) is -0.490. The van der Waals surface area contributed by atoms with Gasteiger partial charge in [-0.1, -0.05) is 12.1 Å². The number of hydrogen-bond acceptors (Lipinski definition) is 2. The molecule has 19 heavy (non-hydrogen) atoms. The summed E-state index contributed by atoms with van der Waals surface area (Å²) in [5.41, 5.74) is 6.31. The van der Waals surface area contributed by atoms with E-state index in [9.17, 15) is 17.6 Å². The maximum Gasteiger partial charge on any atom is 0.401 e. The molecule has 0 unspecified atom stereocenters. The van der Waals surface area contributed by atoms with Crippen LogP contribution < -0.4 is 5.73 Å². The van der Waals surface area contributed by atoms with Crippen LogP contribution in [0.2, 0.25) is 0 Å². The fourth-order valence-electron chi connectivity index (χ4n) is 2.05. The number of nitrogens with zero attached hydrogens (tertiary/aromatic N) is 1. The maximum atomic E-state index is 13.8. The van der Waals surface area contributed by atoms with E-state index in [1.807, 2.05) is 0 Å². The highest BCUT2D eigenvalue weighted by atomic mass is 19.4. The van der Waals surface area contributed by atoms with Crippen LogP contribution in [0.3, 0.4) is 0 Å². The maximum absolute atomic E-state index is 13.8. The molecule has 0 saturated heterocycles. The molecule has 0 aliphatic heterocycles. The standard InChI is InChI=1S/C13H16F4N2/c14-12-5-9(6-18)1-2-10(12)7-19(11-3-4-11)8-13(15,16)17/h1-2,5,11H,3-4,6-8,18H2. The number of alkyl halides is 3. The highest BCUT2D eigenvalue weighted by molar-refractivity contribution is 5.24. The lowest BCUT2D eigenvalue weighted by molar-refractivity contribution is -0.148. The molecular formula is C13H16F4N2. The normalized spacial score (nSPS) is 16.1. The molecule has 2 nitrogen and oxygen atoms in total. The van der Waals surface area contributed by atoms with Crippen LogP contribution >= 0.6 is 0 Å². The van der Waals surface area contributed by atoms with Gasteiger partial charge in [0.15, 0.2) is 0 Å². The molecule has 1 fully saturated rings. The lowest BCUT2D eigenvalue weighted by Gasteiger charge is -2.23. The minimum atomic E-state index is -4.25. The third-order valence-electron chi connectivity index (χ3n) is 3.17. The van der Waals surface area contributed by atoms with Crippen molar-refractivity contribution in [1.29, 1.82) is 0 Å². The molecule has 1 aliphatic carbocycles. The highest BCUT2D eigenvalue weighted by Gasteiger charge is 2.38. The molecule has 106 valence electrons. The first-order valence-corrected chi connectivity index (χ1v) is 6.17. The number of nitrogens with two attached hydrogens (primary N) is 1. The molecule has 0 bridgehead atoms. The number of benzene rings is 1. The molecule has 2 N–H and O–H groups in total. The van der Waals surface area contributed by atoms with Gasteiger partial charge in [0.1, 0.15) is 5.82 Å². The van der Waals surface area contributed by atoms with Crippen LogP contribution in [0.25, 0.3) is 0 Å². The van der Waals surface area contributed by atoms with E-state index in [1.165, 1.54) is 17.0 Å². The molecule has 1 aromatic carbocycles. The van der Waals surface area contributed by atoms with Gasteiger partial charge in [0.25, 0.3) is 0 Å². The fraction of sp³-hybridized carbons (Fsp3) is 0.538. The zero-order valence-electron chi connectivity index (χ0n) is 10.4. The summed E-state index contributed by atoms with van der Waals surface area (Å²) >= 11 is 0. The van der Waals surface area contributed by atoms with Crippen molar-refractivity contribution in [1.82, 2.24) is 4.90 Å².